The standard InChI is InChI=1S/C10H12IN5O2/c11-9(18)13-3-7-4-14-10(15-5-7)16-2-1-12-8(17)6-16/h4-5H,1-3,6H2,(H,12,17)(H,13,18). The van der Waals surface area contributed by atoms with E-state index in [4.69, 9.17) is 0 Å². The first kappa shape index (κ1) is 13.0. The Bertz CT molecular complexity index is 450. The van der Waals surface area contributed by atoms with Crippen LogP contribution in [0.5, 0.6) is 0 Å². The molecular formula is C10H12IN5O2. The molecule has 7 nitrogen and oxygen atoms in total. The maximum absolute atomic E-state index is 11.2. The molecule has 1 saturated heterocycles. The Morgan fingerprint density at radius 1 is 1.50 bits per heavy atom. The van der Waals surface area contributed by atoms with Crippen LogP contribution in [0.3, 0.4) is 0 Å². The second kappa shape index (κ2) is 5.94. The Kier molecular flexibility index (Phi) is 4.28. The topological polar surface area (TPSA) is 87.2 Å². The van der Waals surface area contributed by atoms with Gasteiger partial charge in [0.05, 0.1) is 6.54 Å². The largest absolute Gasteiger partial charge is 0.353 e. The molecule has 2 heterocycles. The Morgan fingerprint density at radius 3 is 2.83 bits per heavy atom. The van der Waals surface area contributed by atoms with Crippen LogP contribution in [0.2, 0.25) is 0 Å². The van der Waals surface area contributed by atoms with Crippen molar-refractivity contribution in [3.05, 3.63) is 18.0 Å². The highest BCUT2D eigenvalue weighted by atomic mass is 127. The molecule has 1 aliphatic rings. The van der Waals surface area contributed by atoms with Crippen LogP contribution in [0.25, 0.3) is 0 Å². The average Bonchev–Trinajstić information content (AvgIpc) is 2.37. The maximum Gasteiger partial charge on any atom is 0.280 e. The fourth-order valence-corrected chi connectivity index (χ4v) is 1.77. The molecule has 0 spiro atoms. The molecule has 1 fully saturated rings. The molecule has 1 aromatic rings. The van der Waals surface area contributed by atoms with Crippen LogP contribution in [0.1, 0.15) is 5.56 Å². The SMILES string of the molecule is O=C(I)NCc1cnc(N2CCNC(=O)C2)nc1. The summed E-state index contributed by atoms with van der Waals surface area (Å²) in [6.45, 7) is 2.00. The van der Waals surface area contributed by atoms with Gasteiger partial charge in [0.2, 0.25) is 11.9 Å². The summed E-state index contributed by atoms with van der Waals surface area (Å²) in [7, 11) is 0. The van der Waals surface area contributed by atoms with E-state index >= 15 is 0 Å². The van der Waals surface area contributed by atoms with Crippen molar-refractivity contribution in [2.24, 2.45) is 0 Å². The Balaban J connectivity index is 1.98. The van der Waals surface area contributed by atoms with Gasteiger partial charge in [-0.15, -0.1) is 0 Å². The molecule has 1 aliphatic heterocycles. The second-order valence-corrected chi connectivity index (χ2v) is 4.77. The fourth-order valence-electron chi connectivity index (χ4n) is 1.58. The number of anilines is 1. The summed E-state index contributed by atoms with van der Waals surface area (Å²) in [5, 5.41) is 5.40. The maximum atomic E-state index is 11.2. The van der Waals surface area contributed by atoms with E-state index < -0.39 is 0 Å². The van der Waals surface area contributed by atoms with Crippen molar-refractivity contribution in [3.8, 4) is 0 Å². The Morgan fingerprint density at radius 2 is 2.22 bits per heavy atom. The van der Waals surface area contributed by atoms with Gasteiger partial charge in [-0.25, -0.2) is 9.97 Å². The molecule has 0 aromatic carbocycles. The summed E-state index contributed by atoms with van der Waals surface area (Å²) in [5.41, 5.74) is 0.824. The van der Waals surface area contributed by atoms with Crippen LogP contribution in [-0.4, -0.2) is 39.4 Å². The lowest BCUT2D eigenvalue weighted by Crippen LogP contribution is -2.48. The number of halogens is 1. The molecule has 0 saturated carbocycles. The summed E-state index contributed by atoms with van der Waals surface area (Å²) in [6, 6.07) is 0. The monoisotopic (exact) mass is 361 g/mol. The lowest BCUT2D eigenvalue weighted by molar-refractivity contribution is -0.120. The predicted octanol–water partition coefficient (Wildman–Crippen LogP) is 0.0574. The normalized spacial score (nSPS) is 15.2. The van der Waals surface area contributed by atoms with Crippen molar-refractivity contribution >= 4 is 38.4 Å². The first-order valence-corrected chi connectivity index (χ1v) is 6.49. The van der Waals surface area contributed by atoms with Gasteiger partial charge in [0.15, 0.2) is 0 Å². The molecule has 0 bridgehead atoms. The number of rotatable bonds is 3. The van der Waals surface area contributed by atoms with Crippen LogP contribution in [-0.2, 0) is 11.3 Å². The molecule has 0 unspecified atom stereocenters. The zero-order valence-electron chi connectivity index (χ0n) is 9.52. The third kappa shape index (κ3) is 3.52. The number of carbonyl (C=O) groups is 2. The lowest BCUT2D eigenvalue weighted by atomic mass is 10.3. The van der Waals surface area contributed by atoms with E-state index in [9.17, 15) is 9.59 Å². The molecule has 1 aromatic heterocycles. The fraction of sp³-hybridized carbons (Fsp3) is 0.400. The number of carbonyl (C=O) groups excluding carboxylic acids is 2. The number of amides is 2. The average molecular weight is 361 g/mol. The molecule has 2 amide bonds. The van der Waals surface area contributed by atoms with E-state index in [1.54, 1.807) is 35.0 Å². The van der Waals surface area contributed by atoms with Crippen molar-refractivity contribution < 1.29 is 9.59 Å². The van der Waals surface area contributed by atoms with Crippen molar-refractivity contribution in [2.45, 2.75) is 6.54 Å². The van der Waals surface area contributed by atoms with Crippen LogP contribution in [0, 0.1) is 0 Å². The van der Waals surface area contributed by atoms with E-state index in [0.29, 0.717) is 25.6 Å². The third-order valence-corrected chi connectivity index (χ3v) is 2.83. The van der Waals surface area contributed by atoms with Crippen molar-refractivity contribution in [2.75, 3.05) is 24.5 Å². The minimum atomic E-state index is -0.121. The van der Waals surface area contributed by atoms with E-state index in [1.165, 1.54) is 0 Å². The van der Waals surface area contributed by atoms with E-state index in [2.05, 4.69) is 20.6 Å². The Labute approximate surface area is 117 Å². The number of nitrogens with zero attached hydrogens (tertiary/aromatic N) is 3. The van der Waals surface area contributed by atoms with Gasteiger partial charge in [0.25, 0.3) is 3.91 Å². The number of hydrogen-bond donors (Lipinski definition) is 2. The number of piperazine rings is 1. The minimum Gasteiger partial charge on any atom is -0.353 e. The van der Waals surface area contributed by atoms with Crippen molar-refractivity contribution in [1.82, 2.24) is 20.6 Å². The molecule has 0 aliphatic carbocycles. The molecular weight excluding hydrogens is 349 g/mol. The van der Waals surface area contributed by atoms with Crippen LogP contribution >= 0.6 is 22.6 Å². The van der Waals surface area contributed by atoms with Crippen LogP contribution in [0.4, 0.5) is 10.7 Å². The zero-order valence-corrected chi connectivity index (χ0v) is 11.7. The van der Waals surface area contributed by atoms with Crippen LogP contribution < -0.4 is 15.5 Å². The minimum absolute atomic E-state index is 0.0221. The molecule has 18 heavy (non-hydrogen) atoms. The van der Waals surface area contributed by atoms with Gasteiger partial charge >= 0.3 is 0 Å². The summed E-state index contributed by atoms with van der Waals surface area (Å²) in [5.74, 6) is 0.514. The predicted molar refractivity (Wildman–Crippen MR) is 73.5 cm³/mol. The van der Waals surface area contributed by atoms with Gasteiger partial charge in [-0.1, -0.05) is 0 Å². The van der Waals surface area contributed by atoms with Crippen molar-refractivity contribution in [1.29, 1.82) is 0 Å². The van der Waals surface area contributed by atoms with Gasteiger partial charge in [-0.2, -0.15) is 0 Å². The van der Waals surface area contributed by atoms with E-state index in [1.807, 2.05) is 4.90 Å². The highest BCUT2D eigenvalue weighted by Gasteiger charge is 2.18. The zero-order chi connectivity index (χ0) is 13.0. The van der Waals surface area contributed by atoms with Gasteiger partial charge in [-0.05, 0) is 0 Å². The quantitative estimate of drug-likeness (QED) is 0.452. The van der Waals surface area contributed by atoms with E-state index in [0.717, 1.165) is 5.56 Å². The molecule has 2 N–H and O–H groups in total. The smallest absolute Gasteiger partial charge is 0.280 e. The third-order valence-electron chi connectivity index (χ3n) is 2.44. The van der Waals surface area contributed by atoms with Crippen LogP contribution in [0.15, 0.2) is 12.4 Å². The van der Waals surface area contributed by atoms with Gasteiger partial charge in [0.1, 0.15) is 0 Å². The number of aromatic nitrogens is 2. The first-order valence-electron chi connectivity index (χ1n) is 5.41. The Hall–Kier alpha value is -1.45. The summed E-state index contributed by atoms with van der Waals surface area (Å²) in [4.78, 5) is 32.2. The molecule has 2 rings (SSSR count). The number of hydrogen-bond acceptors (Lipinski definition) is 5. The van der Waals surface area contributed by atoms with Crippen molar-refractivity contribution in [3.63, 3.8) is 0 Å². The van der Waals surface area contributed by atoms with E-state index in [-0.39, 0.29) is 16.4 Å². The van der Waals surface area contributed by atoms with Gasteiger partial charge < -0.3 is 15.5 Å². The molecule has 8 heteroatoms. The summed E-state index contributed by atoms with van der Waals surface area (Å²) < 4.78 is -0.121. The first-order chi connectivity index (χ1) is 8.65. The molecule has 0 atom stereocenters. The number of nitrogens with one attached hydrogen (secondary N) is 2. The summed E-state index contributed by atoms with van der Waals surface area (Å²) in [6.07, 6.45) is 3.31. The second-order valence-electron chi connectivity index (χ2n) is 3.79. The van der Waals surface area contributed by atoms with Gasteiger partial charge in [0, 0.05) is 60.2 Å². The summed E-state index contributed by atoms with van der Waals surface area (Å²) >= 11 is 1.67. The lowest BCUT2D eigenvalue weighted by Gasteiger charge is -2.26. The molecule has 0 radical (unpaired) electrons. The highest BCUT2D eigenvalue weighted by molar-refractivity contribution is 14.1. The highest BCUT2D eigenvalue weighted by Crippen LogP contribution is 2.08. The van der Waals surface area contributed by atoms with Gasteiger partial charge in [-0.3, -0.25) is 9.59 Å². The molecule has 96 valence electrons.